The third kappa shape index (κ3) is 56.2. The van der Waals surface area contributed by atoms with Crippen LogP contribution in [0.1, 0.15) is 233 Å². The Morgan fingerprint density at radius 2 is 0.500 bits per heavy atom. The van der Waals surface area contributed by atoms with Crippen LogP contribution in [0.25, 0.3) is 0 Å². The standard InChI is InChI=1S/C66H104O6/c1-4-7-10-13-16-19-22-25-28-31-33-35-38-41-44-47-50-53-56-59-65(68)71-62-63(61-70-64(67)58-55-52-49-46-43-40-37-30-27-24-21-18-15-12-9-6-3)72-66(69)60-57-54-51-48-45-42-39-36-34-32-29-26-23-20-17-14-11-8-5-2/h7-12,16-21,25-30,33-36,40,43,63H,4-6,13-15,22-24,31-32,37-39,41-42,44-62H2,1-3H3/b10-7-,11-8-,12-9-,19-16-,20-17-,21-18-,28-25-,29-26-,30-27-,35-33-,36-34-,43-40-. The Morgan fingerprint density at radius 3 is 0.792 bits per heavy atom. The molecule has 1 unspecified atom stereocenters. The highest BCUT2D eigenvalue weighted by molar-refractivity contribution is 5.71. The van der Waals surface area contributed by atoms with Gasteiger partial charge in [0.2, 0.25) is 0 Å². The summed E-state index contributed by atoms with van der Waals surface area (Å²) in [7, 11) is 0. The lowest BCUT2D eigenvalue weighted by atomic mass is 10.1. The Labute approximate surface area is 442 Å². The van der Waals surface area contributed by atoms with Gasteiger partial charge in [-0.25, -0.2) is 0 Å². The van der Waals surface area contributed by atoms with E-state index in [1.807, 2.05) is 0 Å². The summed E-state index contributed by atoms with van der Waals surface area (Å²) in [5.74, 6) is -0.972. The van der Waals surface area contributed by atoms with Gasteiger partial charge in [-0.3, -0.25) is 14.4 Å². The van der Waals surface area contributed by atoms with Gasteiger partial charge in [0, 0.05) is 19.3 Å². The van der Waals surface area contributed by atoms with E-state index in [2.05, 4.69) is 167 Å². The summed E-state index contributed by atoms with van der Waals surface area (Å²) in [4.78, 5) is 38.2. The van der Waals surface area contributed by atoms with Crippen molar-refractivity contribution in [3.8, 4) is 0 Å². The largest absolute Gasteiger partial charge is 0.462 e. The maximum atomic E-state index is 12.9. The van der Waals surface area contributed by atoms with E-state index in [1.54, 1.807) is 0 Å². The number of carbonyl (C=O) groups is 3. The maximum Gasteiger partial charge on any atom is 0.306 e. The number of rotatable bonds is 50. The molecule has 0 aliphatic heterocycles. The molecule has 0 saturated heterocycles. The van der Waals surface area contributed by atoms with E-state index in [0.717, 1.165) is 167 Å². The molecule has 0 aromatic carbocycles. The first kappa shape index (κ1) is 67.3. The molecule has 0 saturated carbocycles. The van der Waals surface area contributed by atoms with E-state index in [1.165, 1.54) is 25.7 Å². The van der Waals surface area contributed by atoms with Gasteiger partial charge in [0.05, 0.1) is 0 Å². The highest BCUT2D eigenvalue weighted by Crippen LogP contribution is 2.13. The molecule has 0 spiro atoms. The second-order valence-corrected chi connectivity index (χ2v) is 18.4. The zero-order chi connectivity index (χ0) is 52.2. The molecule has 6 nitrogen and oxygen atoms in total. The van der Waals surface area contributed by atoms with Crippen molar-refractivity contribution in [2.75, 3.05) is 13.2 Å². The molecule has 0 heterocycles. The minimum Gasteiger partial charge on any atom is -0.462 e. The fourth-order valence-corrected chi connectivity index (χ4v) is 7.36. The first-order valence-corrected chi connectivity index (χ1v) is 28.8. The van der Waals surface area contributed by atoms with Crippen LogP contribution in [0.2, 0.25) is 0 Å². The first-order valence-electron chi connectivity index (χ1n) is 28.8. The monoisotopic (exact) mass is 993 g/mol. The molecule has 0 aliphatic rings. The van der Waals surface area contributed by atoms with Gasteiger partial charge in [0.25, 0.3) is 0 Å². The fraction of sp³-hybridized carbons (Fsp3) is 0.591. The molecule has 0 bridgehead atoms. The summed E-state index contributed by atoms with van der Waals surface area (Å²) < 4.78 is 16.8. The number of carbonyl (C=O) groups excluding carboxylic acids is 3. The average molecular weight is 994 g/mol. The number of allylic oxidation sites excluding steroid dienone is 24. The molecule has 0 fully saturated rings. The van der Waals surface area contributed by atoms with Crippen LogP contribution in [0.4, 0.5) is 0 Å². The summed E-state index contributed by atoms with van der Waals surface area (Å²) in [5.41, 5.74) is 0. The highest BCUT2D eigenvalue weighted by atomic mass is 16.6. The van der Waals surface area contributed by atoms with Crippen molar-refractivity contribution in [2.45, 2.75) is 239 Å². The third-order valence-corrected chi connectivity index (χ3v) is 11.6. The van der Waals surface area contributed by atoms with Crippen LogP contribution in [0.3, 0.4) is 0 Å². The van der Waals surface area contributed by atoms with Crippen LogP contribution in [0, 0.1) is 0 Å². The van der Waals surface area contributed by atoms with Crippen LogP contribution in [0.15, 0.2) is 146 Å². The van der Waals surface area contributed by atoms with Gasteiger partial charge in [-0.15, -0.1) is 0 Å². The smallest absolute Gasteiger partial charge is 0.306 e. The fourth-order valence-electron chi connectivity index (χ4n) is 7.36. The van der Waals surface area contributed by atoms with Gasteiger partial charge >= 0.3 is 17.9 Å². The molecular weight excluding hydrogens is 889 g/mol. The van der Waals surface area contributed by atoms with Crippen molar-refractivity contribution >= 4 is 17.9 Å². The van der Waals surface area contributed by atoms with Crippen molar-refractivity contribution in [3.63, 3.8) is 0 Å². The van der Waals surface area contributed by atoms with Gasteiger partial charge in [-0.1, -0.05) is 224 Å². The van der Waals surface area contributed by atoms with E-state index >= 15 is 0 Å². The lowest BCUT2D eigenvalue weighted by Gasteiger charge is -2.18. The van der Waals surface area contributed by atoms with Gasteiger partial charge in [0.1, 0.15) is 13.2 Å². The van der Waals surface area contributed by atoms with Crippen LogP contribution >= 0.6 is 0 Å². The number of hydrogen-bond acceptors (Lipinski definition) is 6. The minimum atomic E-state index is -0.813. The molecular formula is C66H104O6. The average Bonchev–Trinajstić information content (AvgIpc) is 3.38. The van der Waals surface area contributed by atoms with Crippen molar-refractivity contribution in [2.24, 2.45) is 0 Å². The van der Waals surface area contributed by atoms with Crippen LogP contribution in [0.5, 0.6) is 0 Å². The predicted molar refractivity (Wildman–Crippen MR) is 311 cm³/mol. The Morgan fingerprint density at radius 1 is 0.278 bits per heavy atom. The molecule has 0 aromatic heterocycles. The molecule has 0 amide bonds. The number of unbranched alkanes of at least 4 members (excludes halogenated alkanes) is 15. The van der Waals surface area contributed by atoms with Gasteiger partial charge < -0.3 is 14.2 Å². The van der Waals surface area contributed by atoms with Gasteiger partial charge in [-0.05, 0) is 135 Å². The van der Waals surface area contributed by atoms with Crippen molar-refractivity contribution in [1.29, 1.82) is 0 Å². The van der Waals surface area contributed by atoms with E-state index in [0.29, 0.717) is 19.3 Å². The third-order valence-electron chi connectivity index (χ3n) is 11.6. The normalized spacial score (nSPS) is 13.2. The van der Waals surface area contributed by atoms with Crippen LogP contribution in [-0.4, -0.2) is 37.2 Å². The Bertz CT molecular complexity index is 1610. The summed E-state index contributed by atoms with van der Waals surface area (Å²) in [6.07, 6.45) is 84.0. The van der Waals surface area contributed by atoms with Crippen LogP contribution in [-0.2, 0) is 28.6 Å². The molecule has 0 aliphatic carbocycles. The van der Waals surface area contributed by atoms with Crippen molar-refractivity contribution < 1.29 is 28.6 Å². The van der Waals surface area contributed by atoms with Crippen molar-refractivity contribution in [1.82, 2.24) is 0 Å². The second-order valence-electron chi connectivity index (χ2n) is 18.4. The highest BCUT2D eigenvalue weighted by Gasteiger charge is 2.19. The molecule has 0 aromatic rings. The number of esters is 3. The van der Waals surface area contributed by atoms with E-state index < -0.39 is 6.10 Å². The van der Waals surface area contributed by atoms with Crippen molar-refractivity contribution in [3.05, 3.63) is 146 Å². The maximum absolute atomic E-state index is 12.9. The summed E-state index contributed by atoms with van der Waals surface area (Å²) >= 11 is 0. The SMILES string of the molecule is CC/C=C\C/C=C\C/C=C\C/C=C\CCCCCCCCC(=O)OCC(COC(=O)CCCCC/C=C\C/C=C\C/C=C\C/C=C\CC)OC(=O)CCCCCCCC/C=C\C/C=C\C/C=C\C/C=C\CC. The van der Waals surface area contributed by atoms with E-state index in [4.69, 9.17) is 14.2 Å². The minimum absolute atomic E-state index is 0.108. The topological polar surface area (TPSA) is 78.9 Å². The molecule has 404 valence electrons. The number of hydrogen-bond donors (Lipinski definition) is 0. The molecule has 1 atom stereocenters. The van der Waals surface area contributed by atoms with Crippen LogP contribution < -0.4 is 0 Å². The van der Waals surface area contributed by atoms with Gasteiger partial charge in [-0.2, -0.15) is 0 Å². The molecule has 6 heteroatoms. The molecule has 72 heavy (non-hydrogen) atoms. The summed E-state index contributed by atoms with van der Waals surface area (Å²) in [6, 6.07) is 0. The van der Waals surface area contributed by atoms with Gasteiger partial charge in [0.15, 0.2) is 6.10 Å². The quantitative estimate of drug-likeness (QED) is 0.0261. The lowest BCUT2D eigenvalue weighted by Crippen LogP contribution is -2.30. The zero-order valence-corrected chi connectivity index (χ0v) is 46.1. The summed E-state index contributed by atoms with van der Waals surface area (Å²) in [6.45, 7) is 6.24. The second kappa shape index (κ2) is 58.9. The Kier molecular flexibility index (Phi) is 55.0. The number of ether oxygens (including phenoxy) is 3. The molecule has 0 N–H and O–H groups in total. The Balaban J connectivity index is 4.52. The van der Waals surface area contributed by atoms with E-state index in [9.17, 15) is 14.4 Å². The molecule has 0 rings (SSSR count). The summed E-state index contributed by atoms with van der Waals surface area (Å²) in [5, 5.41) is 0. The Hall–Kier alpha value is -4.71. The predicted octanol–water partition coefficient (Wildman–Crippen LogP) is 19.6. The lowest BCUT2D eigenvalue weighted by molar-refractivity contribution is -0.167. The van der Waals surface area contributed by atoms with E-state index in [-0.39, 0.29) is 31.1 Å². The molecule has 0 radical (unpaired) electrons. The first-order chi connectivity index (χ1) is 35.5. The zero-order valence-electron chi connectivity index (χ0n) is 46.1.